The van der Waals surface area contributed by atoms with Crippen LogP contribution in [-0.4, -0.2) is 48.2 Å². The van der Waals surface area contributed by atoms with Crippen LogP contribution in [0.3, 0.4) is 0 Å². The van der Waals surface area contributed by atoms with Crippen molar-refractivity contribution in [2.75, 3.05) is 41.8 Å². The molecule has 3 heterocycles. The number of rotatable bonds is 6. The molecule has 0 radical (unpaired) electrons. The summed E-state index contributed by atoms with van der Waals surface area (Å²) in [6, 6.07) is 9.74. The molecular weight excluding hydrogens is 366 g/mol. The van der Waals surface area contributed by atoms with Gasteiger partial charge in [-0.15, -0.1) is 0 Å². The van der Waals surface area contributed by atoms with Crippen LogP contribution in [0.5, 0.6) is 0 Å². The Morgan fingerprint density at radius 1 is 1.14 bits per heavy atom. The Morgan fingerprint density at radius 3 is 2.66 bits per heavy atom. The molecule has 1 amide bonds. The Hall–Kier alpha value is -2.67. The zero-order valence-corrected chi connectivity index (χ0v) is 17.0. The predicted molar refractivity (Wildman–Crippen MR) is 115 cm³/mol. The molecule has 2 N–H and O–H groups in total. The Kier molecular flexibility index (Phi) is 6.24. The van der Waals surface area contributed by atoms with E-state index in [0.717, 1.165) is 38.2 Å². The largest absolute Gasteiger partial charge is 0.376 e. The molecule has 0 bridgehead atoms. The standard InChI is InChI=1S/C22H29N5O2/c1-16-24-20(14-21(25-16)23-15-19-6-5-13-29-19)22(28)26-17-7-9-18(10-8-17)27-11-3-2-4-12-27/h7-10,14,19H,2-6,11-13,15H2,1H3,(H,26,28)(H,23,24,25). The van der Waals surface area contributed by atoms with E-state index in [4.69, 9.17) is 4.74 Å². The van der Waals surface area contributed by atoms with E-state index in [1.165, 1.54) is 24.9 Å². The van der Waals surface area contributed by atoms with Crippen molar-refractivity contribution in [1.29, 1.82) is 0 Å². The highest BCUT2D eigenvalue weighted by atomic mass is 16.5. The van der Waals surface area contributed by atoms with Gasteiger partial charge in [0.25, 0.3) is 5.91 Å². The molecule has 0 saturated carbocycles. The molecule has 7 nitrogen and oxygen atoms in total. The first kappa shape index (κ1) is 19.6. The lowest BCUT2D eigenvalue weighted by atomic mass is 10.1. The van der Waals surface area contributed by atoms with Crippen LogP contribution in [-0.2, 0) is 4.74 Å². The Bertz CT molecular complexity index is 828. The summed E-state index contributed by atoms with van der Waals surface area (Å²) in [6.07, 6.45) is 6.16. The maximum atomic E-state index is 12.7. The summed E-state index contributed by atoms with van der Waals surface area (Å²) in [5, 5.41) is 6.21. The fraction of sp³-hybridized carbons (Fsp3) is 0.500. The van der Waals surface area contributed by atoms with Gasteiger partial charge in [-0.3, -0.25) is 4.79 Å². The van der Waals surface area contributed by atoms with Gasteiger partial charge in [0.2, 0.25) is 0 Å². The van der Waals surface area contributed by atoms with Crippen molar-refractivity contribution in [2.24, 2.45) is 0 Å². The van der Waals surface area contributed by atoms with Crippen LogP contribution in [0.2, 0.25) is 0 Å². The second-order valence-electron chi connectivity index (χ2n) is 7.75. The van der Waals surface area contributed by atoms with Gasteiger partial charge in [0, 0.05) is 43.7 Å². The maximum Gasteiger partial charge on any atom is 0.274 e. The van der Waals surface area contributed by atoms with Crippen LogP contribution in [0.1, 0.15) is 48.4 Å². The minimum absolute atomic E-state index is 0.209. The van der Waals surface area contributed by atoms with Gasteiger partial charge in [-0.05, 0) is 63.3 Å². The quantitative estimate of drug-likeness (QED) is 0.778. The van der Waals surface area contributed by atoms with Crippen LogP contribution in [0.15, 0.2) is 30.3 Å². The summed E-state index contributed by atoms with van der Waals surface area (Å²) in [7, 11) is 0. The summed E-state index contributed by atoms with van der Waals surface area (Å²) in [5.74, 6) is 0.980. The lowest BCUT2D eigenvalue weighted by Gasteiger charge is -2.28. The molecule has 0 spiro atoms. The lowest BCUT2D eigenvalue weighted by Crippen LogP contribution is -2.29. The molecule has 2 aromatic rings. The number of carbonyl (C=O) groups is 1. The number of piperidine rings is 1. The Labute approximate surface area is 171 Å². The molecule has 1 atom stereocenters. The topological polar surface area (TPSA) is 79.4 Å². The fourth-order valence-electron chi connectivity index (χ4n) is 3.90. The van der Waals surface area contributed by atoms with Crippen LogP contribution < -0.4 is 15.5 Å². The second-order valence-corrected chi connectivity index (χ2v) is 7.75. The van der Waals surface area contributed by atoms with Gasteiger partial charge in [-0.25, -0.2) is 9.97 Å². The van der Waals surface area contributed by atoms with Crippen molar-refractivity contribution in [3.8, 4) is 0 Å². The first-order chi connectivity index (χ1) is 14.2. The van der Waals surface area contributed by atoms with Gasteiger partial charge >= 0.3 is 0 Å². The zero-order valence-electron chi connectivity index (χ0n) is 17.0. The van der Waals surface area contributed by atoms with E-state index in [2.05, 4.69) is 37.6 Å². The van der Waals surface area contributed by atoms with Crippen molar-refractivity contribution in [2.45, 2.75) is 45.1 Å². The highest BCUT2D eigenvalue weighted by Crippen LogP contribution is 2.22. The molecule has 4 rings (SSSR count). The van der Waals surface area contributed by atoms with Gasteiger partial charge in [-0.2, -0.15) is 0 Å². The van der Waals surface area contributed by atoms with Crippen molar-refractivity contribution in [1.82, 2.24) is 9.97 Å². The third kappa shape index (κ3) is 5.23. The molecule has 1 aromatic heterocycles. The smallest absolute Gasteiger partial charge is 0.274 e. The summed E-state index contributed by atoms with van der Waals surface area (Å²) in [6.45, 7) is 5.51. The van der Waals surface area contributed by atoms with E-state index >= 15 is 0 Å². The molecule has 7 heteroatoms. The highest BCUT2D eigenvalue weighted by molar-refractivity contribution is 6.03. The number of ether oxygens (including phenoxy) is 1. The number of nitrogens with zero attached hydrogens (tertiary/aromatic N) is 3. The summed E-state index contributed by atoms with van der Waals surface area (Å²) >= 11 is 0. The van der Waals surface area contributed by atoms with Crippen LogP contribution >= 0.6 is 0 Å². The number of hydrogen-bond donors (Lipinski definition) is 2. The molecule has 1 unspecified atom stereocenters. The fourth-order valence-corrected chi connectivity index (χ4v) is 3.90. The highest BCUT2D eigenvalue weighted by Gasteiger charge is 2.17. The molecule has 154 valence electrons. The second kappa shape index (κ2) is 9.22. The average molecular weight is 396 g/mol. The van der Waals surface area contributed by atoms with E-state index < -0.39 is 0 Å². The number of anilines is 3. The van der Waals surface area contributed by atoms with Crippen molar-refractivity contribution >= 4 is 23.1 Å². The molecular formula is C22H29N5O2. The average Bonchev–Trinajstić information content (AvgIpc) is 3.27. The molecule has 0 aliphatic carbocycles. The monoisotopic (exact) mass is 395 g/mol. The molecule has 2 fully saturated rings. The third-order valence-corrected chi connectivity index (χ3v) is 5.45. The summed E-state index contributed by atoms with van der Waals surface area (Å²) in [4.78, 5) is 23.8. The first-order valence-electron chi connectivity index (χ1n) is 10.5. The van der Waals surface area contributed by atoms with Gasteiger partial charge in [0.05, 0.1) is 6.10 Å². The van der Waals surface area contributed by atoms with E-state index in [-0.39, 0.29) is 12.0 Å². The number of carbonyl (C=O) groups excluding carboxylic acids is 1. The Balaban J connectivity index is 1.38. The predicted octanol–water partition coefficient (Wildman–Crippen LogP) is 3.62. The number of aromatic nitrogens is 2. The van der Waals surface area contributed by atoms with Crippen molar-refractivity contribution < 1.29 is 9.53 Å². The van der Waals surface area contributed by atoms with Gasteiger partial charge in [0.1, 0.15) is 17.3 Å². The summed E-state index contributed by atoms with van der Waals surface area (Å²) < 4.78 is 5.63. The zero-order chi connectivity index (χ0) is 20.1. The van der Waals surface area contributed by atoms with Crippen LogP contribution in [0.4, 0.5) is 17.2 Å². The van der Waals surface area contributed by atoms with Crippen molar-refractivity contribution in [3.63, 3.8) is 0 Å². The van der Waals surface area contributed by atoms with Crippen LogP contribution in [0.25, 0.3) is 0 Å². The van der Waals surface area contributed by atoms with Gasteiger partial charge < -0.3 is 20.3 Å². The van der Waals surface area contributed by atoms with Crippen LogP contribution in [0, 0.1) is 6.92 Å². The van der Waals surface area contributed by atoms with E-state index in [9.17, 15) is 4.79 Å². The molecule has 2 aliphatic rings. The number of hydrogen-bond acceptors (Lipinski definition) is 6. The van der Waals surface area contributed by atoms with E-state index in [1.807, 2.05) is 12.1 Å². The minimum atomic E-state index is -0.235. The molecule has 1 aromatic carbocycles. The molecule has 29 heavy (non-hydrogen) atoms. The number of amides is 1. The Morgan fingerprint density at radius 2 is 1.93 bits per heavy atom. The number of nitrogens with one attached hydrogen (secondary N) is 2. The van der Waals surface area contributed by atoms with Crippen molar-refractivity contribution in [3.05, 3.63) is 41.9 Å². The third-order valence-electron chi connectivity index (χ3n) is 5.45. The normalized spacial score (nSPS) is 19.2. The van der Waals surface area contributed by atoms with E-state index in [0.29, 0.717) is 23.9 Å². The molecule has 2 aliphatic heterocycles. The van der Waals surface area contributed by atoms with Gasteiger partial charge in [0.15, 0.2) is 0 Å². The summed E-state index contributed by atoms with van der Waals surface area (Å²) in [5.41, 5.74) is 2.33. The number of benzene rings is 1. The SMILES string of the molecule is Cc1nc(NCC2CCCO2)cc(C(=O)Nc2ccc(N3CCCCC3)cc2)n1. The number of aryl methyl sites for hydroxylation is 1. The minimum Gasteiger partial charge on any atom is -0.376 e. The van der Waals surface area contributed by atoms with Gasteiger partial charge in [-0.1, -0.05) is 0 Å². The lowest BCUT2D eigenvalue weighted by molar-refractivity contribution is 0.102. The molecule has 2 saturated heterocycles. The first-order valence-corrected chi connectivity index (χ1v) is 10.5. The van der Waals surface area contributed by atoms with E-state index in [1.54, 1.807) is 13.0 Å². The maximum absolute atomic E-state index is 12.7.